The number of phenols is 4. The summed E-state index contributed by atoms with van der Waals surface area (Å²) in [4.78, 5) is 6.74. The minimum atomic E-state index is -0.857. The van der Waals surface area contributed by atoms with Crippen LogP contribution < -0.4 is 9.47 Å². The molecule has 13 heteroatoms. The first kappa shape index (κ1) is 46.0. The average molecular weight is 939 g/mol. The van der Waals surface area contributed by atoms with Crippen molar-refractivity contribution in [1.29, 1.82) is 0 Å². The van der Waals surface area contributed by atoms with Crippen LogP contribution in [0.2, 0.25) is 0 Å². The number of aliphatic hydroxyl groups is 1. The molecule has 0 radical (unpaired) electrons. The highest BCUT2D eigenvalue weighted by Crippen LogP contribution is 2.45. The van der Waals surface area contributed by atoms with Gasteiger partial charge in [0.25, 0.3) is 0 Å². The van der Waals surface area contributed by atoms with E-state index in [0.717, 1.165) is 136 Å². The van der Waals surface area contributed by atoms with Crippen molar-refractivity contribution in [2.45, 2.75) is 12.5 Å². The fraction of sp³-hybridized carbons (Fsp3) is 0.259. The van der Waals surface area contributed by atoms with Crippen LogP contribution >= 0.6 is 22.7 Å². The molecule has 0 spiro atoms. The Bertz CT molecular complexity index is 2850. The van der Waals surface area contributed by atoms with Crippen LogP contribution in [0.1, 0.15) is 28.4 Å². The largest absolute Gasteiger partial charge is 0.508 e. The lowest BCUT2D eigenvalue weighted by molar-refractivity contribution is 0.0321. The van der Waals surface area contributed by atoms with Gasteiger partial charge in [-0.1, -0.05) is 24.3 Å². The summed E-state index contributed by atoms with van der Waals surface area (Å²) < 4.78 is 24.6. The van der Waals surface area contributed by atoms with Gasteiger partial charge in [0, 0.05) is 64.0 Å². The molecule has 10 rings (SSSR count). The Labute approximate surface area is 397 Å². The molecule has 2 fully saturated rings. The van der Waals surface area contributed by atoms with Crippen LogP contribution in [0.5, 0.6) is 34.5 Å². The van der Waals surface area contributed by atoms with E-state index in [-0.39, 0.29) is 23.0 Å². The quantitative estimate of drug-likeness (QED) is 0.0711. The molecule has 1 unspecified atom stereocenters. The molecule has 2 aromatic heterocycles. The standard InChI is InChI=1S/C27H27NO5S.C27H27NO4S/c29-20-5-1-19(2-6-20)27-25(23-10-7-21(30)17-24(23)34-27)26(31)18-3-8-22(9-4-18)33-16-13-28-11-14-32-15-12-28;29-21-5-3-20(4-6-21)27-25(24-10-7-22(30)18-26(24)33-27)17-19-1-8-23(9-2-19)32-16-13-28-11-14-31-15-12-28/h1-10,17,26,29-31H,11-16H2;1-10,18,29-30H,11-17H2. The number of aromatic hydroxyl groups is 4. The number of hydrogen-bond donors (Lipinski definition) is 5. The molecule has 0 saturated carbocycles. The van der Waals surface area contributed by atoms with Gasteiger partial charge in [-0.25, -0.2) is 0 Å². The highest BCUT2D eigenvalue weighted by molar-refractivity contribution is 7.23. The SMILES string of the molecule is Oc1ccc(-c2sc3cc(O)ccc3c2C(O)c2ccc(OCCN3CCOCC3)cc2)cc1.Oc1ccc(-c2sc3cc(O)ccc3c2Cc2ccc(OCCN3CCOCC3)cc2)cc1. The van der Waals surface area contributed by atoms with E-state index in [1.807, 2.05) is 78.9 Å². The molecule has 67 heavy (non-hydrogen) atoms. The summed E-state index contributed by atoms with van der Waals surface area (Å²) in [6.45, 7) is 10.0. The van der Waals surface area contributed by atoms with Crippen LogP contribution in [-0.2, 0) is 15.9 Å². The zero-order chi connectivity index (χ0) is 46.1. The average Bonchev–Trinajstić information content (AvgIpc) is 3.91. The third kappa shape index (κ3) is 11.5. The van der Waals surface area contributed by atoms with Crippen molar-refractivity contribution < 1.29 is 44.5 Å². The summed E-state index contributed by atoms with van der Waals surface area (Å²) in [5.41, 5.74) is 5.92. The Kier molecular flexibility index (Phi) is 14.8. The lowest BCUT2D eigenvalue weighted by Gasteiger charge is -2.26. The predicted octanol–water partition coefficient (Wildman–Crippen LogP) is 10.1. The molecule has 2 aliphatic heterocycles. The van der Waals surface area contributed by atoms with Gasteiger partial charge in [-0.05, 0) is 154 Å². The molecule has 11 nitrogen and oxygen atoms in total. The molecule has 8 aromatic rings. The fourth-order valence-electron chi connectivity index (χ4n) is 8.42. The Balaban J connectivity index is 0.000000168. The Hall–Kier alpha value is -6.16. The second-order valence-corrected chi connectivity index (χ2v) is 18.7. The first-order valence-corrected chi connectivity index (χ1v) is 24.2. The number of benzene rings is 6. The number of fused-ring (bicyclic) bond motifs is 2. The summed E-state index contributed by atoms with van der Waals surface area (Å²) in [6.07, 6.45) is -0.0841. The maximum atomic E-state index is 11.4. The van der Waals surface area contributed by atoms with Crippen LogP contribution in [0.15, 0.2) is 133 Å². The first-order chi connectivity index (χ1) is 32.7. The maximum absolute atomic E-state index is 11.4. The van der Waals surface area contributed by atoms with Crippen LogP contribution in [0.25, 0.3) is 41.1 Å². The molecule has 346 valence electrons. The monoisotopic (exact) mass is 938 g/mol. The van der Waals surface area contributed by atoms with Gasteiger partial charge in [-0.3, -0.25) is 9.80 Å². The zero-order valence-corrected chi connectivity index (χ0v) is 38.7. The van der Waals surface area contributed by atoms with Crippen molar-refractivity contribution in [3.63, 3.8) is 0 Å². The molecule has 0 amide bonds. The summed E-state index contributed by atoms with van der Waals surface area (Å²) in [7, 11) is 0. The van der Waals surface area contributed by atoms with Crippen LogP contribution in [-0.4, -0.2) is 114 Å². The second-order valence-electron chi connectivity index (χ2n) is 16.6. The molecule has 1 atom stereocenters. The van der Waals surface area contributed by atoms with E-state index < -0.39 is 6.10 Å². The minimum absolute atomic E-state index is 0.186. The lowest BCUT2D eigenvalue weighted by atomic mass is 9.96. The zero-order valence-electron chi connectivity index (χ0n) is 37.1. The van der Waals surface area contributed by atoms with Gasteiger partial charge in [-0.15, -0.1) is 22.7 Å². The number of ether oxygens (including phenoxy) is 4. The second kappa shape index (κ2) is 21.6. The van der Waals surface area contributed by atoms with Crippen LogP contribution in [0.3, 0.4) is 0 Å². The van der Waals surface area contributed by atoms with E-state index >= 15 is 0 Å². The van der Waals surface area contributed by atoms with E-state index in [1.54, 1.807) is 53.8 Å². The normalized spacial score (nSPS) is 15.0. The molecule has 0 bridgehead atoms. The molecule has 6 aromatic carbocycles. The fourth-order valence-corrected chi connectivity index (χ4v) is 11.0. The van der Waals surface area contributed by atoms with Crippen molar-refractivity contribution >= 4 is 42.8 Å². The van der Waals surface area contributed by atoms with Gasteiger partial charge >= 0.3 is 0 Å². The Morgan fingerprint density at radius 3 is 1.49 bits per heavy atom. The van der Waals surface area contributed by atoms with E-state index in [0.29, 0.717) is 13.2 Å². The van der Waals surface area contributed by atoms with Gasteiger partial charge in [0.15, 0.2) is 0 Å². The third-order valence-electron chi connectivity index (χ3n) is 12.1. The van der Waals surface area contributed by atoms with Gasteiger partial charge < -0.3 is 44.5 Å². The van der Waals surface area contributed by atoms with Gasteiger partial charge in [0.05, 0.1) is 26.4 Å². The van der Waals surface area contributed by atoms with Crippen molar-refractivity contribution in [3.05, 3.63) is 156 Å². The highest BCUT2D eigenvalue weighted by atomic mass is 32.1. The molecule has 2 saturated heterocycles. The molecule has 0 aliphatic carbocycles. The van der Waals surface area contributed by atoms with E-state index in [1.165, 1.54) is 22.5 Å². The van der Waals surface area contributed by atoms with Gasteiger partial charge in [0.1, 0.15) is 53.8 Å². The summed E-state index contributed by atoms with van der Waals surface area (Å²) >= 11 is 3.17. The Morgan fingerprint density at radius 2 is 0.955 bits per heavy atom. The molecule has 4 heterocycles. The van der Waals surface area contributed by atoms with E-state index in [4.69, 9.17) is 18.9 Å². The lowest BCUT2D eigenvalue weighted by Crippen LogP contribution is -2.38. The van der Waals surface area contributed by atoms with E-state index in [2.05, 4.69) is 21.9 Å². The number of morpholine rings is 2. The van der Waals surface area contributed by atoms with Crippen molar-refractivity contribution in [1.82, 2.24) is 9.80 Å². The van der Waals surface area contributed by atoms with Crippen molar-refractivity contribution in [2.75, 3.05) is 78.9 Å². The number of thiophene rings is 2. The molecule has 2 aliphatic rings. The van der Waals surface area contributed by atoms with Crippen LogP contribution in [0.4, 0.5) is 0 Å². The first-order valence-electron chi connectivity index (χ1n) is 22.6. The maximum Gasteiger partial charge on any atom is 0.119 e. The number of aliphatic hydroxyl groups excluding tert-OH is 1. The van der Waals surface area contributed by atoms with Gasteiger partial charge in [0.2, 0.25) is 0 Å². The molecular weight excluding hydrogens is 885 g/mol. The van der Waals surface area contributed by atoms with Crippen molar-refractivity contribution in [3.8, 4) is 55.4 Å². The number of nitrogens with zero attached hydrogens (tertiary/aromatic N) is 2. The number of rotatable bonds is 14. The van der Waals surface area contributed by atoms with Crippen LogP contribution in [0, 0.1) is 0 Å². The summed E-state index contributed by atoms with van der Waals surface area (Å²) in [5.74, 6) is 2.54. The summed E-state index contributed by atoms with van der Waals surface area (Å²) in [6, 6.07) is 40.8. The van der Waals surface area contributed by atoms with E-state index in [9.17, 15) is 25.5 Å². The number of hydrogen-bond acceptors (Lipinski definition) is 13. The topological polar surface area (TPSA) is 145 Å². The number of phenolic OH excluding ortho intramolecular Hbond substituents is 4. The summed E-state index contributed by atoms with van der Waals surface area (Å²) in [5, 5.41) is 52.8. The van der Waals surface area contributed by atoms with Gasteiger partial charge in [-0.2, -0.15) is 0 Å². The highest BCUT2D eigenvalue weighted by Gasteiger charge is 2.23. The predicted molar refractivity (Wildman–Crippen MR) is 266 cm³/mol. The minimum Gasteiger partial charge on any atom is -0.508 e. The third-order valence-corrected chi connectivity index (χ3v) is 14.5. The Morgan fingerprint density at radius 1 is 0.507 bits per heavy atom. The molecule has 5 N–H and O–H groups in total. The molecular formula is C54H54N2O9S2. The van der Waals surface area contributed by atoms with Crippen molar-refractivity contribution in [2.24, 2.45) is 0 Å². The smallest absolute Gasteiger partial charge is 0.119 e.